The highest BCUT2D eigenvalue weighted by atomic mass is 35.5. The smallest absolute Gasteiger partial charge is 0.256 e. The lowest BCUT2D eigenvalue weighted by Crippen LogP contribution is -2.40. The summed E-state index contributed by atoms with van der Waals surface area (Å²) in [6.07, 6.45) is 3.11. The monoisotopic (exact) mass is 421 g/mol. The second-order valence-electron chi connectivity index (χ2n) is 6.05. The predicted molar refractivity (Wildman–Crippen MR) is 102 cm³/mol. The standard InChI is InChI=1S/C17H16ClN5O4S/c18-13-2-1-12(11-14(13)28(25,26)22-7-9-27-10-8-22)17(24)21-16-3-5-19-15-4-6-20-23(15)16/h1-6,11H,7-10H2,(H,21,24). The second kappa shape index (κ2) is 7.47. The van der Waals surface area contributed by atoms with Crippen molar-refractivity contribution in [3.63, 3.8) is 0 Å². The Morgan fingerprint density at radius 2 is 1.93 bits per heavy atom. The van der Waals surface area contributed by atoms with Gasteiger partial charge in [0.2, 0.25) is 10.0 Å². The number of sulfonamides is 1. The molecular weight excluding hydrogens is 406 g/mol. The number of nitrogens with one attached hydrogen (secondary N) is 1. The van der Waals surface area contributed by atoms with E-state index in [1.807, 2.05) is 0 Å². The van der Waals surface area contributed by atoms with Crippen molar-refractivity contribution < 1.29 is 17.9 Å². The number of benzene rings is 1. The fraction of sp³-hybridized carbons (Fsp3) is 0.235. The van der Waals surface area contributed by atoms with Gasteiger partial charge in [-0.3, -0.25) is 4.79 Å². The van der Waals surface area contributed by atoms with E-state index >= 15 is 0 Å². The number of carbonyl (C=O) groups excluding carboxylic acids is 1. The zero-order chi connectivity index (χ0) is 19.7. The van der Waals surface area contributed by atoms with Crippen molar-refractivity contribution in [3.05, 3.63) is 53.3 Å². The van der Waals surface area contributed by atoms with Crippen LogP contribution in [0.4, 0.5) is 5.82 Å². The van der Waals surface area contributed by atoms with Crippen molar-refractivity contribution in [2.24, 2.45) is 0 Å². The first kappa shape index (κ1) is 18.8. The maximum absolute atomic E-state index is 12.9. The van der Waals surface area contributed by atoms with Crippen molar-refractivity contribution in [1.82, 2.24) is 18.9 Å². The van der Waals surface area contributed by atoms with E-state index in [2.05, 4.69) is 15.4 Å². The molecule has 1 amide bonds. The number of hydrogen-bond donors (Lipinski definition) is 1. The van der Waals surface area contributed by atoms with Crippen LogP contribution in [0.15, 0.2) is 47.6 Å². The number of hydrogen-bond acceptors (Lipinski definition) is 6. The molecule has 28 heavy (non-hydrogen) atoms. The first-order chi connectivity index (χ1) is 13.5. The van der Waals surface area contributed by atoms with E-state index in [9.17, 15) is 13.2 Å². The number of morpholine rings is 1. The van der Waals surface area contributed by atoms with Gasteiger partial charge >= 0.3 is 0 Å². The Morgan fingerprint density at radius 1 is 1.14 bits per heavy atom. The molecule has 1 aliphatic rings. The molecule has 4 rings (SSSR count). The summed E-state index contributed by atoms with van der Waals surface area (Å²) in [5, 5.41) is 6.87. The van der Waals surface area contributed by atoms with E-state index in [4.69, 9.17) is 16.3 Å². The first-order valence-electron chi connectivity index (χ1n) is 8.44. The van der Waals surface area contributed by atoms with Crippen molar-refractivity contribution in [3.8, 4) is 0 Å². The Balaban J connectivity index is 1.64. The number of fused-ring (bicyclic) bond motifs is 1. The van der Waals surface area contributed by atoms with Gasteiger partial charge in [-0.15, -0.1) is 0 Å². The van der Waals surface area contributed by atoms with Gasteiger partial charge in [0.15, 0.2) is 5.65 Å². The highest BCUT2D eigenvalue weighted by Gasteiger charge is 2.29. The number of carbonyl (C=O) groups is 1. The van der Waals surface area contributed by atoms with Gasteiger partial charge in [0, 0.05) is 30.9 Å². The average Bonchev–Trinajstić information content (AvgIpc) is 3.19. The van der Waals surface area contributed by atoms with Crippen LogP contribution in [0.5, 0.6) is 0 Å². The molecule has 0 aliphatic carbocycles. The van der Waals surface area contributed by atoms with Gasteiger partial charge in [-0.05, 0) is 24.3 Å². The largest absolute Gasteiger partial charge is 0.379 e. The molecule has 9 nitrogen and oxygen atoms in total. The van der Waals surface area contributed by atoms with Crippen LogP contribution in [-0.4, -0.2) is 59.5 Å². The third-order valence-corrected chi connectivity index (χ3v) is 6.69. The van der Waals surface area contributed by atoms with Crippen molar-refractivity contribution in [2.45, 2.75) is 4.90 Å². The van der Waals surface area contributed by atoms with Gasteiger partial charge in [-0.1, -0.05) is 11.6 Å². The molecule has 3 aromatic rings. The highest BCUT2D eigenvalue weighted by molar-refractivity contribution is 7.89. The van der Waals surface area contributed by atoms with Crippen LogP contribution >= 0.6 is 11.6 Å². The Hall–Kier alpha value is -2.53. The Morgan fingerprint density at radius 3 is 2.71 bits per heavy atom. The molecule has 1 N–H and O–H groups in total. The van der Waals surface area contributed by atoms with Gasteiger partial charge < -0.3 is 10.1 Å². The number of nitrogens with zero attached hydrogens (tertiary/aromatic N) is 4. The van der Waals surface area contributed by atoms with Gasteiger partial charge in [0.1, 0.15) is 10.7 Å². The predicted octanol–water partition coefficient (Wildman–Crippen LogP) is 1.66. The molecule has 3 heterocycles. The molecule has 1 fully saturated rings. The maximum Gasteiger partial charge on any atom is 0.256 e. The number of ether oxygens (including phenoxy) is 1. The van der Waals surface area contributed by atoms with Crippen molar-refractivity contribution in [1.29, 1.82) is 0 Å². The molecular formula is C17H16ClN5O4S. The minimum atomic E-state index is -3.83. The van der Waals surface area contributed by atoms with E-state index in [-0.39, 0.29) is 28.6 Å². The molecule has 0 radical (unpaired) electrons. The molecule has 0 saturated carbocycles. The third kappa shape index (κ3) is 3.47. The van der Waals surface area contributed by atoms with Crippen molar-refractivity contribution >= 4 is 39.0 Å². The third-order valence-electron chi connectivity index (χ3n) is 4.31. The Bertz CT molecular complexity index is 1140. The summed E-state index contributed by atoms with van der Waals surface area (Å²) < 4.78 is 33.8. The molecule has 0 bridgehead atoms. The van der Waals surface area contributed by atoms with Crippen molar-refractivity contribution in [2.75, 3.05) is 31.6 Å². The molecule has 1 aromatic carbocycles. The lowest BCUT2D eigenvalue weighted by Gasteiger charge is -2.26. The zero-order valence-corrected chi connectivity index (χ0v) is 16.2. The minimum absolute atomic E-state index is 0.0569. The average molecular weight is 422 g/mol. The van der Waals surface area contributed by atoms with Crippen LogP contribution in [0.1, 0.15) is 10.4 Å². The molecule has 11 heteroatoms. The summed E-state index contributed by atoms with van der Waals surface area (Å²) in [5.74, 6) is -0.0781. The summed E-state index contributed by atoms with van der Waals surface area (Å²) in [5.41, 5.74) is 0.734. The fourth-order valence-corrected chi connectivity index (χ4v) is 4.79. The summed E-state index contributed by atoms with van der Waals surface area (Å²) in [6.45, 7) is 1.12. The molecule has 0 atom stereocenters. The first-order valence-corrected chi connectivity index (χ1v) is 10.3. The topological polar surface area (TPSA) is 106 Å². The normalized spacial score (nSPS) is 15.6. The maximum atomic E-state index is 12.9. The molecule has 0 unspecified atom stereocenters. The van der Waals surface area contributed by atoms with E-state index in [1.54, 1.807) is 24.5 Å². The molecule has 1 saturated heterocycles. The summed E-state index contributed by atoms with van der Waals surface area (Å²) in [4.78, 5) is 16.7. The molecule has 2 aromatic heterocycles. The highest BCUT2D eigenvalue weighted by Crippen LogP contribution is 2.27. The SMILES string of the molecule is O=C(Nc1ccnc2ccnn12)c1ccc(Cl)c(S(=O)(=O)N2CCOCC2)c1. The van der Waals surface area contributed by atoms with Gasteiger partial charge in [0.05, 0.1) is 24.4 Å². The van der Waals surface area contributed by atoms with Gasteiger partial charge in [-0.25, -0.2) is 13.4 Å². The number of amides is 1. The Kier molecular flexibility index (Phi) is 5.02. The van der Waals surface area contributed by atoms with Gasteiger partial charge in [0.25, 0.3) is 5.91 Å². The zero-order valence-electron chi connectivity index (χ0n) is 14.6. The molecule has 1 aliphatic heterocycles. The minimum Gasteiger partial charge on any atom is -0.379 e. The van der Waals surface area contributed by atoms with Gasteiger partial charge in [-0.2, -0.15) is 13.9 Å². The van der Waals surface area contributed by atoms with Crippen LogP contribution in [0.25, 0.3) is 5.65 Å². The summed E-state index contributed by atoms with van der Waals surface area (Å²) in [6, 6.07) is 7.45. The Labute approximate surface area is 165 Å². The van der Waals surface area contributed by atoms with E-state index in [1.165, 1.54) is 27.0 Å². The number of anilines is 1. The molecule has 0 spiro atoms. The quantitative estimate of drug-likeness (QED) is 0.686. The van der Waals surface area contributed by atoms with Crippen LogP contribution in [0.2, 0.25) is 5.02 Å². The number of halogens is 1. The lowest BCUT2D eigenvalue weighted by molar-refractivity contribution is 0.0730. The van der Waals surface area contributed by atoms with Crippen LogP contribution in [-0.2, 0) is 14.8 Å². The number of aromatic nitrogens is 3. The fourth-order valence-electron chi connectivity index (χ4n) is 2.89. The lowest BCUT2D eigenvalue weighted by atomic mass is 10.2. The summed E-state index contributed by atoms with van der Waals surface area (Å²) in [7, 11) is -3.83. The summed E-state index contributed by atoms with van der Waals surface area (Å²) >= 11 is 6.14. The van der Waals surface area contributed by atoms with E-state index in [0.29, 0.717) is 24.7 Å². The van der Waals surface area contributed by atoms with Crippen LogP contribution in [0.3, 0.4) is 0 Å². The van der Waals surface area contributed by atoms with Crippen LogP contribution < -0.4 is 5.32 Å². The van der Waals surface area contributed by atoms with E-state index < -0.39 is 15.9 Å². The number of rotatable bonds is 4. The van der Waals surface area contributed by atoms with Crippen LogP contribution in [0, 0.1) is 0 Å². The second-order valence-corrected chi connectivity index (χ2v) is 8.36. The van der Waals surface area contributed by atoms with E-state index in [0.717, 1.165) is 0 Å². The molecule has 146 valence electrons.